The molecule has 5 nitrogen and oxygen atoms in total. The van der Waals surface area contributed by atoms with Gasteiger partial charge in [0.1, 0.15) is 5.82 Å². The Hall–Kier alpha value is -3.67. The Bertz CT molecular complexity index is 1080. The highest BCUT2D eigenvalue weighted by Crippen LogP contribution is 2.34. The van der Waals surface area contributed by atoms with Crippen LogP contribution in [-0.4, -0.2) is 18.0 Å². The summed E-state index contributed by atoms with van der Waals surface area (Å²) in [5, 5.41) is 5.23. The molecule has 0 fully saturated rings. The summed E-state index contributed by atoms with van der Waals surface area (Å²) in [7, 11) is 0. The van der Waals surface area contributed by atoms with Crippen LogP contribution in [0.1, 0.15) is 28.4 Å². The van der Waals surface area contributed by atoms with E-state index in [9.17, 15) is 14.0 Å². The Labute approximate surface area is 174 Å². The van der Waals surface area contributed by atoms with Crippen LogP contribution in [0.15, 0.2) is 72.8 Å². The van der Waals surface area contributed by atoms with Crippen molar-refractivity contribution in [1.29, 1.82) is 0 Å². The average molecular weight is 403 g/mol. The van der Waals surface area contributed by atoms with E-state index in [2.05, 4.69) is 10.6 Å². The number of nitrogens with one attached hydrogen (secondary N) is 2. The van der Waals surface area contributed by atoms with Gasteiger partial charge in [0.2, 0.25) is 0 Å². The van der Waals surface area contributed by atoms with Gasteiger partial charge in [-0.25, -0.2) is 9.18 Å². The maximum absolute atomic E-state index is 13.7. The Morgan fingerprint density at radius 1 is 1.03 bits per heavy atom. The number of carbonyl (C=O) groups is 2. The van der Waals surface area contributed by atoms with Gasteiger partial charge in [-0.3, -0.25) is 4.79 Å². The van der Waals surface area contributed by atoms with E-state index >= 15 is 0 Å². The summed E-state index contributed by atoms with van der Waals surface area (Å²) >= 11 is 0. The van der Waals surface area contributed by atoms with E-state index in [1.165, 1.54) is 12.1 Å². The lowest BCUT2D eigenvalue weighted by atomic mass is 10.1. The van der Waals surface area contributed by atoms with E-state index in [0.717, 1.165) is 23.2 Å². The van der Waals surface area contributed by atoms with Crippen LogP contribution in [0.3, 0.4) is 0 Å². The standard InChI is InChI=1S/C24H22FN3O2/c1-16-13-19-12-11-17(15-26-24(30)27-21-10-6-5-9-20(21)25)14-22(19)28(16)23(29)18-7-3-2-4-8-18/h2-12,14,16H,13,15H2,1H3,(H2,26,27,30). The minimum atomic E-state index is -0.494. The summed E-state index contributed by atoms with van der Waals surface area (Å²) < 4.78 is 13.7. The zero-order chi connectivity index (χ0) is 21.1. The largest absolute Gasteiger partial charge is 0.334 e. The second-order valence-electron chi connectivity index (χ2n) is 7.34. The van der Waals surface area contributed by atoms with Crippen molar-refractivity contribution in [1.82, 2.24) is 5.32 Å². The van der Waals surface area contributed by atoms with E-state index in [-0.39, 0.29) is 24.2 Å². The molecule has 0 radical (unpaired) electrons. The summed E-state index contributed by atoms with van der Waals surface area (Å²) in [4.78, 5) is 27.0. The Kier molecular flexibility index (Phi) is 5.48. The highest BCUT2D eigenvalue weighted by Gasteiger charge is 2.31. The van der Waals surface area contributed by atoms with Gasteiger partial charge in [-0.15, -0.1) is 0 Å². The van der Waals surface area contributed by atoms with Gasteiger partial charge < -0.3 is 15.5 Å². The van der Waals surface area contributed by atoms with Crippen molar-refractivity contribution in [3.05, 3.63) is 95.3 Å². The first-order chi connectivity index (χ1) is 14.5. The average Bonchev–Trinajstić information content (AvgIpc) is 3.09. The molecular formula is C24H22FN3O2. The van der Waals surface area contributed by atoms with Gasteiger partial charge in [0.25, 0.3) is 5.91 Å². The molecule has 0 bridgehead atoms. The van der Waals surface area contributed by atoms with Crippen LogP contribution in [0.25, 0.3) is 0 Å². The first-order valence-electron chi connectivity index (χ1n) is 9.82. The third kappa shape index (κ3) is 4.03. The van der Waals surface area contributed by atoms with Gasteiger partial charge in [0.05, 0.1) is 5.69 Å². The molecule has 1 atom stereocenters. The van der Waals surface area contributed by atoms with Crippen molar-refractivity contribution < 1.29 is 14.0 Å². The van der Waals surface area contributed by atoms with Crippen LogP contribution >= 0.6 is 0 Å². The minimum absolute atomic E-state index is 0.0377. The highest BCUT2D eigenvalue weighted by atomic mass is 19.1. The molecule has 1 aliphatic heterocycles. The van der Waals surface area contributed by atoms with Crippen molar-refractivity contribution >= 4 is 23.3 Å². The van der Waals surface area contributed by atoms with Crippen molar-refractivity contribution in [2.24, 2.45) is 0 Å². The first-order valence-corrected chi connectivity index (χ1v) is 9.82. The molecule has 3 aromatic carbocycles. The number of nitrogens with zero attached hydrogens (tertiary/aromatic N) is 1. The van der Waals surface area contributed by atoms with E-state index in [0.29, 0.717) is 5.56 Å². The Morgan fingerprint density at radius 2 is 1.77 bits per heavy atom. The lowest BCUT2D eigenvalue weighted by Gasteiger charge is -2.23. The number of para-hydroxylation sites is 1. The molecule has 0 saturated heterocycles. The molecule has 0 aromatic heterocycles. The molecule has 3 amide bonds. The summed E-state index contributed by atoms with van der Waals surface area (Å²) in [5.41, 5.74) is 3.59. The lowest BCUT2D eigenvalue weighted by Crippen LogP contribution is -2.35. The third-order valence-corrected chi connectivity index (χ3v) is 5.18. The number of rotatable bonds is 4. The number of urea groups is 1. The molecule has 6 heteroatoms. The maximum Gasteiger partial charge on any atom is 0.319 e. The molecule has 0 saturated carbocycles. The molecule has 30 heavy (non-hydrogen) atoms. The van der Waals surface area contributed by atoms with Crippen molar-refractivity contribution in [2.45, 2.75) is 25.9 Å². The topological polar surface area (TPSA) is 61.4 Å². The molecule has 4 rings (SSSR count). The number of fused-ring (bicyclic) bond motifs is 1. The fourth-order valence-corrected chi connectivity index (χ4v) is 3.70. The zero-order valence-corrected chi connectivity index (χ0v) is 16.6. The molecule has 2 N–H and O–H groups in total. The van der Waals surface area contributed by atoms with Crippen LogP contribution in [0.2, 0.25) is 0 Å². The summed E-state index contributed by atoms with van der Waals surface area (Å²) in [6.07, 6.45) is 0.787. The highest BCUT2D eigenvalue weighted by molar-refractivity contribution is 6.07. The number of amides is 3. The molecule has 1 aliphatic rings. The SMILES string of the molecule is CC1Cc2ccc(CNC(=O)Nc3ccccc3F)cc2N1C(=O)c1ccccc1. The Balaban J connectivity index is 1.47. The lowest BCUT2D eigenvalue weighted by molar-refractivity contribution is 0.0981. The monoisotopic (exact) mass is 403 g/mol. The first kappa shape index (κ1) is 19.6. The fourth-order valence-electron chi connectivity index (χ4n) is 3.70. The zero-order valence-electron chi connectivity index (χ0n) is 16.6. The normalized spacial score (nSPS) is 14.9. The second kappa shape index (κ2) is 8.37. The van der Waals surface area contributed by atoms with Crippen molar-refractivity contribution in [3.63, 3.8) is 0 Å². The Morgan fingerprint density at radius 3 is 2.53 bits per heavy atom. The third-order valence-electron chi connectivity index (χ3n) is 5.18. The quantitative estimate of drug-likeness (QED) is 0.661. The molecule has 0 aliphatic carbocycles. The van der Waals surface area contributed by atoms with E-state index in [1.54, 1.807) is 12.1 Å². The molecule has 152 valence electrons. The van der Waals surface area contributed by atoms with Gasteiger partial charge in [-0.05, 0) is 54.8 Å². The maximum atomic E-state index is 13.7. The van der Waals surface area contributed by atoms with Gasteiger partial charge >= 0.3 is 6.03 Å². The molecule has 1 unspecified atom stereocenters. The number of hydrogen-bond donors (Lipinski definition) is 2. The van der Waals surface area contributed by atoms with Crippen LogP contribution in [0.4, 0.5) is 20.6 Å². The number of anilines is 2. The van der Waals surface area contributed by atoms with Gasteiger partial charge in [-0.2, -0.15) is 0 Å². The number of carbonyl (C=O) groups excluding carboxylic acids is 2. The van der Waals surface area contributed by atoms with Crippen LogP contribution in [0, 0.1) is 5.82 Å². The fraction of sp³-hybridized carbons (Fsp3) is 0.167. The van der Waals surface area contributed by atoms with Crippen molar-refractivity contribution in [3.8, 4) is 0 Å². The molecule has 0 spiro atoms. The molecule has 3 aromatic rings. The predicted molar refractivity (Wildman–Crippen MR) is 115 cm³/mol. The van der Waals surface area contributed by atoms with E-state index in [4.69, 9.17) is 0 Å². The van der Waals surface area contributed by atoms with Crippen LogP contribution in [0.5, 0.6) is 0 Å². The van der Waals surface area contributed by atoms with E-state index in [1.807, 2.05) is 60.4 Å². The molecule has 1 heterocycles. The summed E-state index contributed by atoms with van der Waals surface area (Å²) in [5.74, 6) is -0.529. The number of halogens is 1. The van der Waals surface area contributed by atoms with Gasteiger partial charge in [-0.1, -0.05) is 42.5 Å². The van der Waals surface area contributed by atoms with Crippen LogP contribution in [-0.2, 0) is 13.0 Å². The molecular weight excluding hydrogens is 381 g/mol. The summed E-state index contributed by atoms with van der Waals surface area (Å²) in [6.45, 7) is 2.29. The summed E-state index contributed by atoms with van der Waals surface area (Å²) in [6, 6.07) is 20.6. The number of hydrogen-bond acceptors (Lipinski definition) is 2. The smallest absolute Gasteiger partial charge is 0.319 e. The minimum Gasteiger partial charge on any atom is -0.334 e. The second-order valence-corrected chi connectivity index (χ2v) is 7.34. The van der Waals surface area contributed by atoms with Gasteiger partial charge in [0.15, 0.2) is 0 Å². The predicted octanol–water partition coefficient (Wildman–Crippen LogP) is 4.74. The van der Waals surface area contributed by atoms with Crippen LogP contribution < -0.4 is 15.5 Å². The number of benzene rings is 3. The van der Waals surface area contributed by atoms with Crippen molar-refractivity contribution in [2.75, 3.05) is 10.2 Å². The van der Waals surface area contributed by atoms with Gasteiger partial charge in [0, 0.05) is 23.8 Å². The van der Waals surface area contributed by atoms with E-state index < -0.39 is 11.8 Å².